The molecule has 162 valence electrons. The molecule has 2 amide bonds. The van der Waals surface area contributed by atoms with Crippen LogP contribution in [-0.2, 0) is 0 Å². The van der Waals surface area contributed by atoms with Gasteiger partial charge in [0.2, 0.25) is 0 Å². The van der Waals surface area contributed by atoms with Crippen LogP contribution < -0.4 is 15.4 Å². The summed E-state index contributed by atoms with van der Waals surface area (Å²) in [6, 6.07) is 13.8. The van der Waals surface area contributed by atoms with Crippen LogP contribution in [0.15, 0.2) is 42.5 Å². The van der Waals surface area contributed by atoms with E-state index in [1.54, 1.807) is 0 Å². The molecule has 4 rings (SSSR count). The van der Waals surface area contributed by atoms with E-state index < -0.39 is 0 Å². The lowest BCUT2D eigenvalue weighted by Crippen LogP contribution is -2.34. The van der Waals surface area contributed by atoms with Crippen molar-refractivity contribution < 1.29 is 14.3 Å². The smallest absolute Gasteiger partial charge is 0.319 e. The maximum atomic E-state index is 12.2. The first-order chi connectivity index (χ1) is 15.0. The largest absolute Gasteiger partial charge is 0.494 e. The minimum atomic E-state index is -0.233. The highest BCUT2D eigenvalue weighted by atomic mass is 16.5. The molecule has 0 unspecified atom stereocenters. The van der Waals surface area contributed by atoms with Crippen LogP contribution in [0, 0.1) is 0 Å². The maximum absolute atomic E-state index is 12.2. The molecule has 0 bridgehead atoms. The van der Waals surface area contributed by atoms with Crippen LogP contribution >= 0.6 is 0 Å². The number of aldehydes is 1. The molecule has 1 aliphatic rings. The molecule has 0 spiro atoms. The first-order valence-electron chi connectivity index (χ1n) is 11.0. The molecule has 6 nitrogen and oxygen atoms in total. The van der Waals surface area contributed by atoms with Crippen LogP contribution in [-0.4, -0.2) is 29.5 Å². The van der Waals surface area contributed by atoms with E-state index in [9.17, 15) is 9.59 Å². The minimum Gasteiger partial charge on any atom is -0.494 e. The molecule has 1 saturated carbocycles. The number of rotatable bonds is 7. The van der Waals surface area contributed by atoms with Crippen molar-refractivity contribution in [2.75, 3.05) is 11.9 Å². The third-order valence-electron chi connectivity index (χ3n) is 5.72. The fraction of sp³-hybridized carbons (Fsp3) is 0.360. The summed E-state index contributed by atoms with van der Waals surface area (Å²) in [6.45, 7) is 6.40. The number of nitrogens with one attached hydrogen (secondary N) is 2. The Balaban J connectivity index is 1.77. The molecule has 0 atom stereocenters. The fourth-order valence-electron chi connectivity index (χ4n) is 4.15. The van der Waals surface area contributed by atoms with Gasteiger partial charge in [-0.25, -0.2) is 4.79 Å². The highest BCUT2D eigenvalue weighted by molar-refractivity contribution is 6.05. The van der Waals surface area contributed by atoms with Crippen molar-refractivity contribution in [2.45, 2.75) is 52.1 Å². The first-order valence-corrected chi connectivity index (χ1v) is 11.0. The Hall–Kier alpha value is -3.28. The molecule has 2 aromatic carbocycles. The van der Waals surface area contributed by atoms with Gasteiger partial charge in [-0.05, 0) is 69.9 Å². The number of urea groups is 1. The summed E-state index contributed by atoms with van der Waals surface area (Å²) >= 11 is 0. The van der Waals surface area contributed by atoms with Gasteiger partial charge in [-0.15, -0.1) is 0 Å². The summed E-state index contributed by atoms with van der Waals surface area (Å²) in [6.07, 6.45) is 4.35. The van der Waals surface area contributed by atoms with Gasteiger partial charge in [0.1, 0.15) is 5.75 Å². The number of ether oxygens (including phenoxy) is 1. The van der Waals surface area contributed by atoms with E-state index in [1.807, 2.05) is 63.2 Å². The van der Waals surface area contributed by atoms with Crippen molar-refractivity contribution in [3.05, 3.63) is 48.0 Å². The van der Waals surface area contributed by atoms with Crippen LogP contribution in [0.25, 0.3) is 22.2 Å². The molecule has 0 aliphatic heterocycles. The second-order valence-electron chi connectivity index (χ2n) is 8.28. The van der Waals surface area contributed by atoms with Gasteiger partial charge in [0.25, 0.3) is 0 Å². The van der Waals surface area contributed by atoms with Crippen molar-refractivity contribution in [1.82, 2.24) is 9.88 Å². The number of anilines is 1. The monoisotopic (exact) mass is 419 g/mol. The number of nitrogens with zero attached hydrogens (tertiary/aromatic N) is 1. The Morgan fingerprint density at radius 3 is 2.52 bits per heavy atom. The minimum absolute atomic E-state index is 0.0641. The summed E-state index contributed by atoms with van der Waals surface area (Å²) in [7, 11) is 0. The molecule has 1 aliphatic carbocycles. The molecular weight excluding hydrogens is 390 g/mol. The van der Waals surface area contributed by atoms with E-state index in [1.165, 1.54) is 6.42 Å². The average molecular weight is 420 g/mol. The summed E-state index contributed by atoms with van der Waals surface area (Å²) in [4.78, 5) is 24.2. The van der Waals surface area contributed by atoms with E-state index in [2.05, 4.69) is 15.2 Å². The quantitative estimate of drug-likeness (QED) is 0.477. The lowest BCUT2D eigenvalue weighted by molar-refractivity contribution is 0.112. The number of fused-ring (bicyclic) bond motifs is 1. The Kier molecular flexibility index (Phi) is 5.98. The van der Waals surface area contributed by atoms with Gasteiger partial charge in [0.15, 0.2) is 6.29 Å². The number of carbonyl (C=O) groups is 2. The van der Waals surface area contributed by atoms with Crippen molar-refractivity contribution >= 4 is 28.9 Å². The molecule has 1 fully saturated rings. The van der Waals surface area contributed by atoms with Gasteiger partial charge in [0.05, 0.1) is 17.8 Å². The predicted octanol–water partition coefficient (Wildman–Crippen LogP) is 5.77. The summed E-state index contributed by atoms with van der Waals surface area (Å²) in [5.74, 6) is 0.813. The Morgan fingerprint density at radius 2 is 1.94 bits per heavy atom. The van der Waals surface area contributed by atoms with Gasteiger partial charge < -0.3 is 19.9 Å². The number of hydrogen-bond donors (Lipinski definition) is 2. The standard InChI is InChI=1S/C25H29N3O3/c1-4-31-20-12-13-21-22(15-29)24(28(23(21)14-20)19-6-5-7-19)17-8-10-18(11-9-17)27-25(30)26-16(2)3/h8-16,19H,4-7H2,1-3H3,(H2,26,27,30). The van der Waals surface area contributed by atoms with Crippen LogP contribution in [0.2, 0.25) is 0 Å². The molecular formula is C25H29N3O3. The lowest BCUT2D eigenvalue weighted by Gasteiger charge is -2.30. The van der Waals surface area contributed by atoms with Crippen LogP contribution in [0.1, 0.15) is 56.4 Å². The van der Waals surface area contributed by atoms with E-state index in [0.29, 0.717) is 23.9 Å². The van der Waals surface area contributed by atoms with Gasteiger partial charge in [-0.1, -0.05) is 12.1 Å². The molecule has 3 aromatic rings. The molecule has 1 heterocycles. The summed E-state index contributed by atoms with van der Waals surface area (Å²) < 4.78 is 8.03. The van der Waals surface area contributed by atoms with Crippen LogP contribution in [0.5, 0.6) is 5.75 Å². The lowest BCUT2D eigenvalue weighted by atomic mass is 9.92. The number of carbonyl (C=O) groups excluding carboxylic acids is 2. The summed E-state index contributed by atoms with van der Waals surface area (Å²) in [5.41, 5.74) is 4.33. The molecule has 0 saturated heterocycles. The second kappa shape index (κ2) is 8.84. The second-order valence-corrected chi connectivity index (χ2v) is 8.28. The zero-order valence-electron chi connectivity index (χ0n) is 18.3. The zero-order chi connectivity index (χ0) is 22.0. The number of benzene rings is 2. The van der Waals surface area contributed by atoms with E-state index in [-0.39, 0.29) is 12.1 Å². The molecule has 31 heavy (non-hydrogen) atoms. The highest BCUT2D eigenvalue weighted by Gasteiger charge is 2.27. The fourth-order valence-corrected chi connectivity index (χ4v) is 4.15. The number of hydrogen-bond acceptors (Lipinski definition) is 3. The van der Waals surface area contributed by atoms with Crippen molar-refractivity contribution in [1.29, 1.82) is 0 Å². The highest BCUT2D eigenvalue weighted by Crippen LogP contribution is 2.43. The molecule has 6 heteroatoms. The third kappa shape index (κ3) is 4.15. The van der Waals surface area contributed by atoms with Crippen molar-refractivity contribution in [2.24, 2.45) is 0 Å². The van der Waals surface area contributed by atoms with E-state index in [4.69, 9.17) is 4.74 Å². The van der Waals surface area contributed by atoms with Crippen molar-refractivity contribution in [3.63, 3.8) is 0 Å². The Bertz CT molecular complexity index is 1100. The number of aromatic nitrogens is 1. The zero-order valence-corrected chi connectivity index (χ0v) is 18.3. The Morgan fingerprint density at radius 1 is 1.19 bits per heavy atom. The summed E-state index contributed by atoms with van der Waals surface area (Å²) in [5, 5.41) is 6.60. The third-order valence-corrected chi connectivity index (χ3v) is 5.72. The average Bonchev–Trinajstić information content (AvgIpc) is 3.00. The normalized spacial score (nSPS) is 13.8. The topological polar surface area (TPSA) is 72.4 Å². The molecule has 0 radical (unpaired) electrons. The van der Waals surface area contributed by atoms with Crippen LogP contribution in [0.3, 0.4) is 0 Å². The van der Waals surface area contributed by atoms with Gasteiger partial charge in [-0.2, -0.15) is 0 Å². The SMILES string of the molecule is CCOc1ccc2c(C=O)c(-c3ccc(NC(=O)NC(C)C)cc3)n(C3CCC3)c2c1. The number of amides is 2. The van der Waals surface area contributed by atoms with Gasteiger partial charge in [0, 0.05) is 34.8 Å². The first kappa shape index (κ1) is 21.0. The maximum Gasteiger partial charge on any atom is 0.319 e. The van der Waals surface area contributed by atoms with Gasteiger partial charge in [-0.3, -0.25) is 4.79 Å². The van der Waals surface area contributed by atoms with Gasteiger partial charge >= 0.3 is 6.03 Å². The van der Waals surface area contributed by atoms with Crippen LogP contribution in [0.4, 0.5) is 10.5 Å². The molecule has 2 N–H and O–H groups in total. The van der Waals surface area contributed by atoms with E-state index in [0.717, 1.165) is 47.0 Å². The predicted molar refractivity (Wildman–Crippen MR) is 124 cm³/mol. The Labute approximate surface area is 182 Å². The van der Waals surface area contributed by atoms with Crippen molar-refractivity contribution in [3.8, 4) is 17.0 Å². The van der Waals surface area contributed by atoms with E-state index >= 15 is 0 Å². The molecule has 1 aromatic heterocycles.